The minimum Gasteiger partial charge on any atom is -0.494 e. The van der Waals surface area contributed by atoms with E-state index >= 15 is 0 Å². The fourth-order valence-corrected chi connectivity index (χ4v) is 3.05. The Labute approximate surface area is 129 Å². The molecule has 0 bridgehead atoms. The van der Waals surface area contributed by atoms with Crippen LogP contribution in [0, 0.1) is 15.9 Å². The van der Waals surface area contributed by atoms with E-state index in [1.165, 1.54) is 0 Å². The monoisotopic (exact) mass is 326 g/mol. The van der Waals surface area contributed by atoms with Gasteiger partial charge in [-0.15, -0.1) is 0 Å². The Bertz CT molecular complexity index is 758. The number of hydrogen-bond acceptors (Lipinski definition) is 4. The third kappa shape index (κ3) is 2.09. The molecule has 1 heterocycles. The molecule has 1 aliphatic carbocycles. The van der Waals surface area contributed by atoms with Crippen molar-refractivity contribution in [3.05, 3.63) is 44.2 Å². The van der Waals surface area contributed by atoms with Gasteiger partial charge in [-0.05, 0) is 25.7 Å². The number of benzene rings is 1. The van der Waals surface area contributed by atoms with Crippen LogP contribution in [-0.2, 0) is 12.8 Å². The highest BCUT2D eigenvalue weighted by Crippen LogP contribution is 2.42. The summed E-state index contributed by atoms with van der Waals surface area (Å²) in [7, 11) is 0. The Morgan fingerprint density at radius 3 is 2.23 bits per heavy atom. The van der Waals surface area contributed by atoms with Crippen molar-refractivity contribution >= 4 is 17.3 Å². The zero-order valence-corrected chi connectivity index (χ0v) is 12.1. The lowest BCUT2D eigenvalue weighted by Crippen LogP contribution is -2.00. The second kappa shape index (κ2) is 5.17. The van der Waals surface area contributed by atoms with Gasteiger partial charge in [0.25, 0.3) is 5.69 Å². The van der Waals surface area contributed by atoms with Crippen LogP contribution in [0.3, 0.4) is 0 Å². The molecule has 1 aliphatic rings. The van der Waals surface area contributed by atoms with Crippen LogP contribution in [0.25, 0.3) is 5.69 Å². The molecule has 1 aromatic carbocycles. The first-order chi connectivity index (χ1) is 10.4. The van der Waals surface area contributed by atoms with Crippen LogP contribution in [-0.4, -0.2) is 19.7 Å². The summed E-state index contributed by atoms with van der Waals surface area (Å²) >= 11 is 5.65. The minimum atomic E-state index is -0.867. The Kier molecular flexibility index (Phi) is 3.44. The molecular weight excluding hydrogens is 315 g/mol. The zero-order valence-electron chi connectivity index (χ0n) is 11.3. The average Bonchev–Trinajstić information content (AvgIpc) is 2.72. The van der Waals surface area contributed by atoms with Gasteiger partial charge in [-0.3, -0.25) is 10.1 Å². The summed E-state index contributed by atoms with van der Waals surface area (Å²) in [5.74, 6) is -1.45. The van der Waals surface area contributed by atoms with Crippen molar-refractivity contribution in [3.8, 4) is 17.4 Å². The molecule has 0 unspecified atom stereocenters. The number of nitrogens with zero attached hydrogens (tertiary/aromatic N) is 2. The molecule has 0 saturated carbocycles. The van der Waals surface area contributed by atoms with E-state index in [-0.39, 0.29) is 22.5 Å². The molecule has 0 spiro atoms. The molecule has 0 atom stereocenters. The van der Waals surface area contributed by atoms with Crippen LogP contribution in [0.15, 0.2) is 12.1 Å². The topological polar surface area (TPSA) is 88.5 Å². The maximum Gasteiger partial charge on any atom is 0.290 e. The number of nitro benzene ring substituents is 1. The predicted octanol–water partition coefficient (Wildman–Crippen LogP) is 3.47. The normalized spacial score (nSPS) is 13.9. The van der Waals surface area contributed by atoms with Crippen LogP contribution in [0.5, 0.6) is 11.8 Å². The largest absolute Gasteiger partial charge is 0.494 e. The van der Waals surface area contributed by atoms with Gasteiger partial charge in [0, 0.05) is 23.3 Å². The maximum absolute atomic E-state index is 14.2. The fourth-order valence-electron chi connectivity index (χ4n) is 2.84. The number of nitro groups is 1. The molecule has 0 saturated heterocycles. The van der Waals surface area contributed by atoms with Crippen molar-refractivity contribution in [1.29, 1.82) is 0 Å². The van der Waals surface area contributed by atoms with Crippen LogP contribution in [0.4, 0.5) is 10.1 Å². The fraction of sp³-hybridized carbons (Fsp3) is 0.286. The van der Waals surface area contributed by atoms with Crippen molar-refractivity contribution < 1.29 is 19.5 Å². The third-order valence-electron chi connectivity index (χ3n) is 3.89. The molecule has 2 N–H and O–H groups in total. The van der Waals surface area contributed by atoms with Crippen LogP contribution in [0.2, 0.25) is 5.02 Å². The number of rotatable bonds is 2. The SMILES string of the molecule is O=[N+]([O-])c1cc(-n2c(O)c3c(c2O)CCCC3)c(F)cc1Cl. The molecule has 22 heavy (non-hydrogen) atoms. The Morgan fingerprint density at radius 1 is 1.18 bits per heavy atom. The Hall–Kier alpha value is -2.28. The maximum atomic E-state index is 14.2. The van der Waals surface area contributed by atoms with Crippen molar-refractivity contribution in [2.45, 2.75) is 25.7 Å². The van der Waals surface area contributed by atoms with Gasteiger partial charge in [0.2, 0.25) is 11.8 Å². The molecule has 116 valence electrons. The van der Waals surface area contributed by atoms with Crippen molar-refractivity contribution in [3.63, 3.8) is 0 Å². The van der Waals surface area contributed by atoms with Crippen LogP contribution < -0.4 is 0 Å². The Morgan fingerprint density at radius 2 is 1.73 bits per heavy atom. The molecule has 0 radical (unpaired) electrons. The van der Waals surface area contributed by atoms with Crippen molar-refractivity contribution in [1.82, 2.24) is 4.57 Å². The highest BCUT2D eigenvalue weighted by Gasteiger charge is 2.28. The van der Waals surface area contributed by atoms with E-state index in [1.54, 1.807) is 0 Å². The van der Waals surface area contributed by atoms with E-state index in [0.717, 1.165) is 29.5 Å². The quantitative estimate of drug-likeness (QED) is 0.653. The van der Waals surface area contributed by atoms with Crippen molar-refractivity contribution in [2.24, 2.45) is 0 Å². The van der Waals surface area contributed by atoms with Crippen molar-refractivity contribution in [2.75, 3.05) is 0 Å². The summed E-state index contributed by atoms with van der Waals surface area (Å²) in [4.78, 5) is 10.2. The van der Waals surface area contributed by atoms with Gasteiger partial charge in [0.15, 0.2) is 0 Å². The van der Waals surface area contributed by atoms with E-state index in [2.05, 4.69) is 0 Å². The average molecular weight is 327 g/mol. The standard InChI is InChI=1S/C14H12ClFN2O4/c15-9-5-10(16)12(6-11(9)18(21)22)17-13(19)7-3-1-2-4-8(7)14(17)20/h5-6,19-20H,1-4H2. The molecule has 1 aromatic heterocycles. The number of aromatic nitrogens is 1. The second-order valence-electron chi connectivity index (χ2n) is 5.16. The molecule has 0 amide bonds. The summed E-state index contributed by atoms with van der Waals surface area (Å²) in [6, 6.07) is 1.70. The molecule has 6 nitrogen and oxygen atoms in total. The molecule has 3 rings (SSSR count). The summed E-state index contributed by atoms with van der Waals surface area (Å²) in [5, 5.41) is 31.1. The van der Waals surface area contributed by atoms with Gasteiger partial charge in [0.05, 0.1) is 10.6 Å². The van der Waals surface area contributed by atoms with E-state index in [0.29, 0.717) is 24.0 Å². The summed E-state index contributed by atoms with van der Waals surface area (Å²) < 4.78 is 15.1. The van der Waals surface area contributed by atoms with Gasteiger partial charge < -0.3 is 10.2 Å². The lowest BCUT2D eigenvalue weighted by molar-refractivity contribution is -0.384. The van der Waals surface area contributed by atoms with Gasteiger partial charge in [0.1, 0.15) is 10.8 Å². The molecule has 2 aromatic rings. The van der Waals surface area contributed by atoms with Gasteiger partial charge in [-0.1, -0.05) is 11.6 Å². The van der Waals surface area contributed by atoms with E-state index in [4.69, 9.17) is 11.6 Å². The highest BCUT2D eigenvalue weighted by atomic mass is 35.5. The third-order valence-corrected chi connectivity index (χ3v) is 4.19. The first kappa shape index (κ1) is 14.6. The van der Waals surface area contributed by atoms with Gasteiger partial charge >= 0.3 is 0 Å². The summed E-state index contributed by atoms with van der Waals surface area (Å²) in [6.45, 7) is 0. The molecule has 0 fully saturated rings. The first-order valence-corrected chi connectivity index (χ1v) is 7.07. The first-order valence-electron chi connectivity index (χ1n) is 6.70. The smallest absolute Gasteiger partial charge is 0.290 e. The van der Waals surface area contributed by atoms with Gasteiger partial charge in [-0.25, -0.2) is 8.96 Å². The number of fused-ring (bicyclic) bond motifs is 1. The molecular formula is C14H12ClFN2O4. The lowest BCUT2D eigenvalue weighted by Gasteiger charge is -2.09. The van der Waals surface area contributed by atoms with Crippen LogP contribution >= 0.6 is 11.6 Å². The number of hydrogen-bond donors (Lipinski definition) is 2. The summed E-state index contributed by atoms with van der Waals surface area (Å²) in [6.07, 6.45) is 2.85. The van der Waals surface area contributed by atoms with E-state index in [1.807, 2.05) is 0 Å². The number of aromatic hydroxyl groups is 2. The molecule has 0 aliphatic heterocycles. The van der Waals surface area contributed by atoms with Gasteiger partial charge in [-0.2, -0.15) is 0 Å². The minimum absolute atomic E-state index is 0.289. The lowest BCUT2D eigenvalue weighted by atomic mass is 9.95. The van der Waals surface area contributed by atoms with Crippen LogP contribution in [0.1, 0.15) is 24.0 Å². The number of halogens is 2. The second-order valence-corrected chi connectivity index (χ2v) is 5.57. The zero-order chi connectivity index (χ0) is 16.0. The molecule has 8 heteroatoms. The highest BCUT2D eigenvalue weighted by molar-refractivity contribution is 6.32. The summed E-state index contributed by atoms with van der Waals surface area (Å²) in [5.41, 5.74) is 0.311. The predicted molar refractivity (Wildman–Crippen MR) is 77.4 cm³/mol. The van der Waals surface area contributed by atoms with E-state index in [9.17, 15) is 24.7 Å². The Balaban J connectivity index is 2.26. The van der Waals surface area contributed by atoms with E-state index < -0.39 is 16.4 Å².